The standard InChI is InChI=1S/C12H14ClFN2/c13-11-7-10(1-2-12(11)14)16-5-3-9(8-15)4-6-16/h1-3,7H,4-6,8,15H2. The van der Waals surface area contributed by atoms with Crippen LogP contribution >= 0.6 is 11.6 Å². The molecule has 0 aromatic heterocycles. The Bertz CT molecular complexity index is 417. The maximum atomic E-state index is 13.0. The van der Waals surface area contributed by atoms with Crippen molar-refractivity contribution < 1.29 is 4.39 Å². The number of anilines is 1. The maximum absolute atomic E-state index is 13.0. The minimum absolute atomic E-state index is 0.172. The second kappa shape index (κ2) is 4.85. The van der Waals surface area contributed by atoms with Crippen LogP contribution < -0.4 is 10.6 Å². The minimum atomic E-state index is -0.374. The zero-order chi connectivity index (χ0) is 11.5. The van der Waals surface area contributed by atoms with Crippen molar-refractivity contribution in [1.82, 2.24) is 0 Å². The van der Waals surface area contributed by atoms with Gasteiger partial charge in [0.15, 0.2) is 0 Å². The van der Waals surface area contributed by atoms with E-state index in [0.717, 1.165) is 25.2 Å². The highest BCUT2D eigenvalue weighted by atomic mass is 35.5. The number of rotatable bonds is 2. The lowest BCUT2D eigenvalue weighted by molar-refractivity contribution is 0.627. The molecule has 2 rings (SSSR count). The molecule has 0 amide bonds. The second-order valence-electron chi connectivity index (χ2n) is 3.86. The Labute approximate surface area is 99.5 Å². The predicted octanol–water partition coefficient (Wildman–Crippen LogP) is 2.57. The number of nitrogens with zero attached hydrogens (tertiary/aromatic N) is 1. The first-order valence-electron chi connectivity index (χ1n) is 5.28. The first-order valence-corrected chi connectivity index (χ1v) is 5.66. The molecule has 0 aliphatic carbocycles. The molecule has 0 saturated carbocycles. The molecule has 0 radical (unpaired) electrons. The van der Waals surface area contributed by atoms with Crippen LogP contribution in [-0.4, -0.2) is 19.6 Å². The van der Waals surface area contributed by atoms with Gasteiger partial charge in [-0.25, -0.2) is 4.39 Å². The van der Waals surface area contributed by atoms with E-state index in [4.69, 9.17) is 17.3 Å². The molecule has 4 heteroatoms. The van der Waals surface area contributed by atoms with Gasteiger partial charge in [-0.3, -0.25) is 0 Å². The summed E-state index contributed by atoms with van der Waals surface area (Å²) in [5.74, 6) is -0.374. The molecule has 1 aromatic rings. The van der Waals surface area contributed by atoms with Gasteiger partial charge in [0, 0.05) is 25.3 Å². The van der Waals surface area contributed by atoms with E-state index in [9.17, 15) is 4.39 Å². The third-order valence-electron chi connectivity index (χ3n) is 2.83. The van der Waals surface area contributed by atoms with Crippen LogP contribution in [0.5, 0.6) is 0 Å². The largest absolute Gasteiger partial charge is 0.367 e. The molecule has 0 atom stereocenters. The fourth-order valence-electron chi connectivity index (χ4n) is 1.81. The molecule has 1 heterocycles. The molecule has 1 aliphatic rings. The lowest BCUT2D eigenvalue weighted by Gasteiger charge is -2.28. The Morgan fingerprint density at radius 2 is 2.25 bits per heavy atom. The number of benzene rings is 1. The molecule has 0 unspecified atom stereocenters. The Morgan fingerprint density at radius 3 is 2.81 bits per heavy atom. The van der Waals surface area contributed by atoms with Gasteiger partial charge in [-0.2, -0.15) is 0 Å². The Kier molecular flexibility index (Phi) is 3.46. The Morgan fingerprint density at radius 1 is 1.44 bits per heavy atom. The van der Waals surface area contributed by atoms with Gasteiger partial charge in [-0.1, -0.05) is 23.3 Å². The Balaban J connectivity index is 2.14. The monoisotopic (exact) mass is 240 g/mol. The molecule has 2 N–H and O–H groups in total. The first kappa shape index (κ1) is 11.4. The van der Waals surface area contributed by atoms with Crippen molar-refractivity contribution in [3.05, 3.63) is 40.7 Å². The van der Waals surface area contributed by atoms with Crippen LogP contribution in [0.1, 0.15) is 6.42 Å². The third kappa shape index (κ3) is 2.36. The van der Waals surface area contributed by atoms with Crippen molar-refractivity contribution in [2.45, 2.75) is 6.42 Å². The molecule has 0 spiro atoms. The number of hydrogen-bond donors (Lipinski definition) is 1. The first-order chi connectivity index (χ1) is 7.70. The topological polar surface area (TPSA) is 29.3 Å². The van der Waals surface area contributed by atoms with Gasteiger partial charge in [0.2, 0.25) is 0 Å². The molecule has 1 aliphatic heterocycles. The summed E-state index contributed by atoms with van der Waals surface area (Å²) in [6.45, 7) is 2.34. The quantitative estimate of drug-likeness (QED) is 0.806. The summed E-state index contributed by atoms with van der Waals surface area (Å²) >= 11 is 5.75. The van der Waals surface area contributed by atoms with Crippen LogP contribution in [0.2, 0.25) is 5.02 Å². The normalized spacial score (nSPS) is 16.2. The van der Waals surface area contributed by atoms with Gasteiger partial charge >= 0.3 is 0 Å². The van der Waals surface area contributed by atoms with Crippen molar-refractivity contribution >= 4 is 17.3 Å². The molecule has 86 valence electrons. The van der Waals surface area contributed by atoms with Gasteiger partial charge in [0.05, 0.1) is 5.02 Å². The highest BCUT2D eigenvalue weighted by Gasteiger charge is 2.12. The lowest BCUT2D eigenvalue weighted by atomic mass is 10.1. The molecule has 0 fully saturated rings. The van der Waals surface area contributed by atoms with Gasteiger partial charge in [0.25, 0.3) is 0 Å². The SMILES string of the molecule is NCC1=CCN(c2ccc(F)c(Cl)c2)CC1. The minimum Gasteiger partial charge on any atom is -0.367 e. The van der Waals surface area contributed by atoms with Gasteiger partial charge < -0.3 is 10.6 Å². The molecule has 1 aromatic carbocycles. The summed E-state index contributed by atoms with van der Waals surface area (Å²) in [5.41, 5.74) is 7.81. The van der Waals surface area contributed by atoms with Crippen LogP contribution in [0.25, 0.3) is 0 Å². The molecule has 0 bridgehead atoms. The molecule has 16 heavy (non-hydrogen) atoms. The van der Waals surface area contributed by atoms with Crippen LogP contribution in [0, 0.1) is 5.82 Å². The zero-order valence-electron chi connectivity index (χ0n) is 8.92. The van der Waals surface area contributed by atoms with Crippen molar-refractivity contribution in [2.75, 3.05) is 24.5 Å². The van der Waals surface area contributed by atoms with Gasteiger partial charge in [-0.05, 0) is 24.6 Å². The van der Waals surface area contributed by atoms with Crippen molar-refractivity contribution in [2.24, 2.45) is 5.73 Å². The van der Waals surface area contributed by atoms with E-state index in [1.807, 2.05) is 0 Å². The van der Waals surface area contributed by atoms with E-state index >= 15 is 0 Å². The molecule has 0 saturated heterocycles. The summed E-state index contributed by atoms with van der Waals surface area (Å²) in [4.78, 5) is 2.16. The number of halogens is 2. The van der Waals surface area contributed by atoms with Crippen LogP contribution in [-0.2, 0) is 0 Å². The van der Waals surface area contributed by atoms with E-state index in [0.29, 0.717) is 6.54 Å². The fraction of sp³-hybridized carbons (Fsp3) is 0.333. The lowest BCUT2D eigenvalue weighted by Crippen LogP contribution is -2.29. The smallest absolute Gasteiger partial charge is 0.141 e. The highest BCUT2D eigenvalue weighted by Crippen LogP contribution is 2.24. The van der Waals surface area contributed by atoms with Crippen molar-refractivity contribution in [1.29, 1.82) is 0 Å². The Hall–Kier alpha value is -1.06. The van der Waals surface area contributed by atoms with Crippen molar-refractivity contribution in [3.63, 3.8) is 0 Å². The summed E-state index contributed by atoms with van der Waals surface area (Å²) in [7, 11) is 0. The average Bonchev–Trinajstić information content (AvgIpc) is 2.33. The third-order valence-corrected chi connectivity index (χ3v) is 3.12. The van der Waals surface area contributed by atoms with Crippen molar-refractivity contribution in [3.8, 4) is 0 Å². The summed E-state index contributed by atoms with van der Waals surface area (Å²) in [6, 6.07) is 4.82. The van der Waals surface area contributed by atoms with E-state index in [2.05, 4.69) is 11.0 Å². The van der Waals surface area contributed by atoms with E-state index in [1.165, 1.54) is 11.6 Å². The van der Waals surface area contributed by atoms with E-state index in [1.54, 1.807) is 12.1 Å². The molecule has 2 nitrogen and oxygen atoms in total. The van der Waals surface area contributed by atoms with Crippen LogP contribution in [0.4, 0.5) is 10.1 Å². The highest BCUT2D eigenvalue weighted by molar-refractivity contribution is 6.31. The fourth-order valence-corrected chi connectivity index (χ4v) is 1.99. The van der Waals surface area contributed by atoms with Crippen LogP contribution in [0.15, 0.2) is 29.8 Å². The van der Waals surface area contributed by atoms with Gasteiger partial charge in [-0.15, -0.1) is 0 Å². The zero-order valence-corrected chi connectivity index (χ0v) is 9.67. The summed E-state index contributed by atoms with van der Waals surface area (Å²) in [5, 5.41) is 0.172. The van der Waals surface area contributed by atoms with E-state index in [-0.39, 0.29) is 10.8 Å². The number of hydrogen-bond acceptors (Lipinski definition) is 2. The van der Waals surface area contributed by atoms with Gasteiger partial charge in [0.1, 0.15) is 5.82 Å². The van der Waals surface area contributed by atoms with Crippen LogP contribution in [0.3, 0.4) is 0 Å². The maximum Gasteiger partial charge on any atom is 0.141 e. The number of nitrogens with two attached hydrogens (primary N) is 1. The second-order valence-corrected chi connectivity index (χ2v) is 4.27. The van der Waals surface area contributed by atoms with E-state index < -0.39 is 0 Å². The summed E-state index contributed by atoms with van der Waals surface area (Å²) in [6.07, 6.45) is 3.09. The average molecular weight is 241 g/mol. The molecular formula is C12H14ClFN2. The predicted molar refractivity (Wildman–Crippen MR) is 65.4 cm³/mol. The summed E-state index contributed by atoms with van der Waals surface area (Å²) < 4.78 is 13.0. The molecular weight excluding hydrogens is 227 g/mol.